The molecule has 2 fully saturated rings. The molecule has 52 heavy (non-hydrogen) atoms. The van der Waals surface area contributed by atoms with Crippen LogP contribution in [0.25, 0.3) is 5.69 Å². The molecule has 0 spiro atoms. The highest BCUT2D eigenvalue weighted by Gasteiger charge is 2.43. The van der Waals surface area contributed by atoms with Crippen molar-refractivity contribution in [2.75, 3.05) is 16.0 Å². The summed E-state index contributed by atoms with van der Waals surface area (Å²) in [6, 6.07) is 27.9. The van der Waals surface area contributed by atoms with Gasteiger partial charge in [-0.15, -0.1) is 0 Å². The average molecular weight is 697 g/mol. The number of amides is 3. The average Bonchev–Trinajstić information content (AvgIpc) is 3.63. The van der Waals surface area contributed by atoms with Gasteiger partial charge < -0.3 is 15.5 Å². The van der Waals surface area contributed by atoms with Crippen LogP contribution in [-0.4, -0.2) is 48.7 Å². The maximum absolute atomic E-state index is 13.8. The zero-order valence-corrected chi connectivity index (χ0v) is 30.9. The first kappa shape index (κ1) is 34.9. The Morgan fingerprint density at radius 1 is 0.788 bits per heavy atom. The molecule has 10 heteroatoms. The van der Waals surface area contributed by atoms with Crippen LogP contribution < -0.4 is 16.0 Å². The van der Waals surface area contributed by atoms with Crippen LogP contribution in [0.15, 0.2) is 84.9 Å². The standard InChI is InChI=1S/C42H48N8O2/c1-26-10-16-34(17-11-26)50-38(25-37(48-50)42(4,5)6)47-41(52)46-33-9-7-8-29(22-33)21-30-23-35-18-19-36(24-30)49(35)39(51)31-12-14-32(15-13-31)45-40-43-27(2)20-28(3)44-40/h7-17,20,22,25,30,35-36H,18-19,21,23-24H2,1-6H3,(H,43,44,45)(H2,46,47,52). The van der Waals surface area contributed by atoms with Gasteiger partial charge in [-0.2, -0.15) is 5.10 Å². The van der Waals surface area contributed by atoms with Crippen LogP contribution in [0.4, 0.5) is 27.9 Å². The van der Waals surface area contributed by atoms with Gasteiger partial charge in [0, 0.05) is 51.9 Å². The van der Waals surface area contributed by atoms with E-state index in [0.29, 0.717) is 23.2 Å². The van der Waals surface area contributed by atoms with Crippen LogP contribution in [0.3, 0.4) is 0 Å². The third-order valence-electron chi connectivity index (χ3n) is 10.1. The molecule has 4 heterocycles. The summed E-state index contributed by atoms with van der Waals surface area (Å²) in [6.07, 6.45) is 4.93. The lowest BCUT2D eigenvalue weighted by Crippen LogP contribution is -2.46. The molecule has 2 aromatic heterocycles. The van der Waals surface area contributed by atoms with Gasteiger partial charge in [0.2, 0.25) is 5.95 Å². The third kappa shape index (κ3) is 7.86. The van der Waals surface area contributed by atoms with Gasteiger partial charge in [0.1, 0.15) is 5.82 Å². The summed E-state index contributed by atoms with van der Waals surface area (Å²) in [5, 5.41) is 14.2. The van der Waals surface area contributed by atoms with E-state index in [-0.39, 0.29) is 29.4 Å². The molecule has 0 saturated carbocycles. The number of rotatable bonds is 8. The number of urea groups is 1. The fraction of sp³-hybridized carbons (Fsp3) is 0.357. The van der Waals surface area contributed by atoms with E-state index in [4.69, 9.17) is 5.10 Å². The molecule has 2 unspecified atom stereocenters. The lowest BCUT2D eigenvalue weighted by molar-refractivity contribution is 0.0524. The van der Waals surface area contributed by atoms with E-state index in [1.807, 2.05) is 93.6 Å². The number of aromatic nitrogens is 4. The Hall–Kier alpha value is -5.51. The number of carbonyl (C=O) groups excluding carboxylic acids is 2. The van der Waals surface area contributed by atoms with Crippen molar-refractivity contribution in [3.63, 3.8) is 0 Å². The van der Waals surface area contributed by atoms with E-state index in [0.717, 1.165) is 71.8 Å². The predicted molar refractivity (Wildman–Crippen MR) is 207 cm³/mol. The summed E-state index contributed by atoms with van der Waals surface area (Å²) in [6.45, 7) is 12.3. The molecule has 3 aromatic carbocycles. The van der Waals surface area contributed by atoms with Crippen molar-refractivity contribution in [1.82, 2.24) is 24.6 Å². The molecule has 2 aliphatic rings. The first-order chi connectivity index (χ1) is 24.9. The Kier molecular flexibility index (Phi) is 9.57. The van der Waals surface area contributed by atoms with Gasteiger partial charge >= 0.3 is 6.03 Å². The second kappa shape index (κ2) is 14.3. The zero-order valence-electron chi connectivity index (χ0n) is 30.9. The van der Waals surface area contributed by atoms with Gasteiger partial charge in [-0.3, -0.25) is 10.1 Å². The fourth-order valence-corrected chi connectivity index (χ4v) is 7.65. The van der Waals surface area contributed by atoms with Gasteiger partial charge in [0.25, 0.3) is 5.91 Å². The number of aryl methyl sites for hydroxylation is 3. The van der Waals surface area contributed by atoms with Crippen LogP contribution in [0.5, 0.6) is 0 Å². The van der Waals surface area contributed by atoms with Crippen molar-refractivity contribution in [3.8, 4) is 5.69 Å². The smallest absolute Gasteiger partial charge is 0.324 e. The van der Waals surface area contributed by atoms with Crippen molar-refractivity contribution in [2.24, 2.45) is 5.92 Å². The summed E-state index contributed by atoms with van der Waals surface area (Å²) < 4.78 is 1.79. The summed E-state index contributed by atoms with van der Waals surface area (Å²) in [7, 11) is 0. The number of nitrogens with one attached hydrogen (secondary N) is 3. The highest BCUT2D eigenvalue weighted by molar-refractivity contribution is 5.99. The Labute approximate surface area is 306 Å². The van der Waals surface area contributed by atoms with Gasteiger partial charge in [-0.25, -0.2) is 19.4 Å². The highest BCUT2D eigenvalue weighted by Crippen LogP contribution is 2.41. The second-order valence-electron chi connectivity index (χ2n) is 15.5. The summed E-state index contributed by atoms with van der Waals surface area (Å²) in [5.74, 6) is 1.74. The number of nitrogens with zero attached hydrogens (tertiary/aromatic N) is 5. The maximum atomic E-state index is 13.8. The normalized spacial score (nSPS) is 18.3. The maximum Gasteiger partial charge on any atom is 0.324 e. The van der Waals surface area contributed by atoms with Gasteiger partial charge in [-0.1, -0.05) is 50.6 Å². The summed E-state index contributed by atoms with van der Waals surface area (Å²) in [4.78, 5) is 38.1. The number of hydrogen-bond donors (Lipinski definition) is 3. The number of piperidine rings is 1. The molecule has 5 aromatic rings. The molecule has 0 radical (unpaired) electrons. The topological polar surface area (TPSA) is 117 Å². The van der Waals surface area contributed by atoms with Gasteiger partial charge in [-0.05, 0) is 119 Å². The van der Waals surface area contributed by atoms with Crippen molar-refractivity contribution in [3.05, 3.63) is 119 Å². The van der Waals surface area contributed by atoms with Crippen molar-refractivity contribution >= 4 is 35.1 Å². The minimum Gasteiger partial charge on any atom is -0.333 e. The monoisotopic (exact) mass is 696 g/mol. The molecule has 3 N–H and O–H groups in total. The number of benzene rings is 3. The van der Waals surface area contributed by atoms with Crippen LogP contribution >= 0.6 is 0 Å². The molecule has 2 atom stereocenters. The lowest BCUT2D eigenvalue weighted by Gasteiger charge is -2.39. The van der Waals surface area contributed by atoms with E-state index >= 15 is 0 Å². The van der Waals surface area contributed by atoms with E-state index in [1.165, 1.54) is 5.56 Å². The molecule has 7 rings (SSSR count). The fourth-order valence-electron chi connectivity index (χ4n) is 7.65. The predicted octanol–water partition coefficient (Wildman–Crippen LogP) is 8.90. The van der Waals surface area contributed by atoms with Crippen LogP contribution in [0, 0.1) is 26.7 Å². The van der Waals surface area contributed by atoms with Crippen LogP contribution in [0.1, 0.15) is 85.0 Å². The molecule has 3 amide bonds. The molecule has 2 bridgehead atoms. The van der Waals surface area contributed by atoms with Crippen molar-refractivity contribution in [2.45, 2.75) is 91.1 Å². The Morgan fingerprint density at radius 3 is 2.12 bits per heavy atom. The van der Waals surface area contributed by atoms with Gasteiger partial charge in [0.05, 0.1) is 11.4 Å². The number of hydrogen-bond acceptors (Lipinski definition) is 6. The van der Waals surface area contributed by atoms with E-state index in [2.05, 4.69) is 63.7 Å². The quantitative estimate of drug-likeness (QED) is 0.149. The third-order valence-corrected chi connectivity index (χ3v) is 10.1. The molecule has 268 valence electrons. The number of carbonyl (C=O) groups is 2. The van der Waals surface area contributed by atoms with Crippen LogP contribution in [0.2, 0.25) is 0 Å². The Bertz CT molecular complexity index is 2050. The second-order valence-corrected chi connectivity index (χ2v) is 15.5. The molecular weight excluding hydrogens is 649 g/mol. The SMILES string of the molecule is Cc1ccc(-n2nc(C(C)(C)C)cc2NC(=O)Nc2cccc(CC3CC4CCC(C3)N4C(=O)c3ccc(Nc4nc(C)cc(C)n4)cc3)c2)cc1. The minimum atomic E-state index is -0.321. The lowest BCUT2D eigenvalue weighted by atomic mass is 9.85. The number of fused-ring (bicyclic) bond motifs is 2. The molecule has 2 aliphatic heterocycles. The minimum absolute atomic E-state index is 0.107. The van der Waals surface area contributed by atoms with Crippen molar-refractivity contribution in [1.29, 1.82) is 0 Å². The zero-order chi connectivity index (χ0) is 36.6. The van der Waals surface area contributed by atoms with Gasteiger partial charge in [0.15, 0.2) is 0 Å². The van der Waals surface area contributed by atoms with E-state index in [9.17, 15) is 9.59 Å². The Morgan fingerprint density at radius 2 is 1.46 bits per heavy atom. The molecule has 2 saturated heterocycles. The van der Waals surface area contributed by atoms with E-state index < -0.39 is 0 Å². The molecular formula is C42H48N8O2. The Balaban J connectivity index is 0.966. The van der Waals surface area contributed by atoms with Crippen molar-refractivity contribution < 1.29 is 9.59 Å². The van der Waals surface area contributed by atoms with Crippen LogP contribution in [-0.2, 0) is 11.8 Å². The molecule has 10 nitrogen and oxygen atoms in total. The first-order valence-electron chi connectivity index (χ1n) is 18.2. The summed E-state index contributed by atoms with van der Waals surface area (Å²) >= 11 is 0. The highest BCUT2D eigenvalue weighted by atomic mass is 16.2. The largest absolute Gasteiger partial charge is 0.333 e. The summed E-state index contributed by atoms with van der Waals surface area (Å²) in [5.41, 5.74) is 8.03. The first-order valence-corrected chi connectivity index (χ1v) is 18.2. The van der Waals surface area contributed by atoms with E-state index in [1.54, 1.807) is 4.68 Å². The number of anilines is 4. The molecule has 0 aliphatic carbocycles.